The molecule has 0 aliphatic heterocycles. The van der Waals surface area contributed by atoms with Crippen molar-refractivity contribution >= 4 is 35.5 Å². The first kappa shape index (κ1) is 8.46. The molecule has 0 atom stereocenters. The van der Waals surface area contributed by atoms with Gasteiger partial charge in [0.2, 0.25) is 11.6 Å². The number of aromatic nitrogens is 1. The Balaban J connectivity index is 2.71. The van der Waals surface area contributed by atoms with Gasteiger partial charge in [-0.2, -0.15) is 0 Å². The molecule has 0 aromatic carbocycles. The van der Waals surface area contributed by atoms with Crippen LogP contribution in [0.2, 0.25) is 0 Å². The van der Waals surface area contributed by atoms with E-state index in [2.05, 4.69) is 17.6 Å². The van der Waals surface area contributed by atoms with E-state index in [9.17, 15) is 9.59 Å². The van der Waals surface area contributed by atoms with Crippen LogP contribution >= 0.6 is 24.0 Å². The summed E-state index contributed by atoms with van der Waals surface area (Å²) in [6.45, 7) is 0. The summed E-state index contributed by atoms with van der Waals surface area (Å²) in [5, 5.41) is 0. The van der Waals surface area contributed by atoms with E-state index in [1.165, 1.54) is 5.51 Å². The number of rotatable bonds is 0. The molecule has 0 unspecified atom stereocenters. The van der Waals surface area contributed by atoms with Crippen molar-refractivity contribution in [2.24, 2.45) is 5.73 Å². The number of carbonyl (C=O) groups is 2. The standard InChI is InChI=1S/C7H4N2O2S2/c8-2-4(10)7-3(9-1-13-7)5(11)6(2)12/h1,12H,8H2. The van der Waals surface area contributed by atoms with E-state index in [-0.39, 0.29) is 27.9 Å². The molecule has 13 heavy (non-hydrogen) atoms. The van der Waals surface area contributed by atoms with Gasteiger partial charge in [0.25, 0.3) is 0 Å². The second kappa shape index (κ2) is 2.68. The van der Waals surface area contributed by atoms with Crippen molar-refractivity contribution in [1.82, 2.24) is 4.98 Å². The van der Waals surface area contributed by atoms with E-state index < -0.39 is 0 Å². The molecule has 4 nitrogen and oxygen atoms in total. The SMILES string of the molecule is NC1=C(S)C(=O)c2ncsc2C1=O. The molecule has 66 valence electrons. The Labute approximate surface area is 82.9 Å². The van der Waals surface area contributed by atoms with Crippen LogP contribution in [0.5, 0.6) is 0 Å². The maximum Gasteiger partial charge on any atom is 0.222 e. The highest BCUT2D eigenvalue weighted by Gasteiger charge is 2.31. The maximum absolute atomic E-state index is 11.4. The summed E-state index contributed by atoms with van der Waals surface area (Å²) in [6.07, 6.45) is 0. The van der Waals surface area contributed by atoms with Gasteiger partial charge in [0.1, 0.15) is 10.6 Å². The van der Waals surface area contributed by atoms with E-state index in [1.54, 1.807) is 0 Å². The first-order valence-electron chi connectivity index (χ1n) is 3.34. The largest absolute Gasteiger partial charge is 0.394 e. The van der Waals surface area contributed by atoms with Crippen molar-refractivity contribution < 1.29 is 9.59 Å². The number of nitrogens with zero attached hydrogens (tertiary/aromatic N) is 1. The van der Waals surface area contributed by atoms with Gasteiger partial charge in [-0.25, -0.2) is 4.98 Å². The van der Waals surface area contributed by atoms with E-state index in [4.69, 9.17) is 5.73 Å². The number of nitrogens with two attached hydrogens (primary N) is 1. The Morgan fingerprint density at radius 1 is 1.38 bits per heavy atom. The van der Waals surface area contributed by atoms with E-state index >= 15 is 0 Å². The zero-order valence-corrected chi connectivity index (χ0v) is 7.98. The third-order valence-electron chi connectivity index (χ3n) is 1.70. The minimum atomic E-state index is -0.378. The average Bonchev–Trinajstić information content (AvgIpc) is 2.59. The molecule has 1 aliphatic rings. The van der Waals surface area contributed by atoms with Crippen LogP contribution in [0.15, 0.2) is 16.1 Å². The van der Waals surface area contributed by atoms with Crippen LogP contribution in [-0.2, 0) is 0 Å². The van der Waals surface area contributed by atoms with Gasteiger partial charge in [-0.3, -0.25) is 9.59 Å². The fraction of sp³-hybridized carbons (Fsp3) is 0. The number of allylic oxidation sites excluding steroid dienone is 2. The van der Waals surface area contributed by atoms with Gasteiger partial charge < -0.3 is 5.73 Å². The predicted octanol–water partition coefficient (Wildman–Crippen LogP) is 0.622. The van der Waals surface area contributed by atoms with Crippen LogP contribution in [-0.4, -0.2) is 16.6 Å². The van der Waals surface area contributed by atoms with E-state index in [1.807, 2.05) is 0 Å². The molecule has 1 aliphatic carbocycles. The van der Waals surface area contributed by atoms with Crippen molar-refractivity contribution in [2.75, 3.05) is 0 Å². The van der Waals surface area contributed by atoms with Crippen molar-refractivity contribution in [1.29, 1.82) is 0 Å². The minimum Gasteiger partial charge on any atom is -0.394 e. The van der Waals surface area contributed by atoms with Crippen LogP contribution in [0.3, 0.4) is 0 Å². The monoisotopic (exact) mass is 212 g/mol. The summed E-state index contributed by atoms with van der Waals surface area (Å²) >= 11 is 4.97. The molecule has 6 heteroatoms. The Bertz CT molecular complexity index is 409. The highest BCUT2D eigenvalue weighted by atomic mass is 32.1. The zero-order valence-electron chi connectivity index (χ0n) is 6.27. The second-order valence-electron chi connectivity index (χ2n) is 2.45. The van der Waals surface area contributed by atoms with Gasteiger partial charge in [-0.1, -0.05) is 0 Å². The summed E-state index contributed by atoms with van der Waals surface area (Å²) in [6, 6.07) is 0. The van der Waals surface area contributed by atoms with Crippen LogP contribution in [0.25, 0.3) is 0 Å². The van der Waals surface area contributed by atoms with Crippen LogP contribution < -0.4 is 5.73 Å². The normalized spacial score (nSPS) is 16.4. The molecule has 0 saturated carbocycles. The lowest BCUT2D eigenvalue weighted by Gasteiger charge is -2.09. The summed E-state index contributed by atoms with van der Waals surface area (Å²) < 4.78 is 0. The van der Waals surface area contributed by atoms with Gasteiger partial charge in [-0.15, -0.1) is 24.0 Å². The smallest absolute Gasteiger partial charge is 0.222 e. The average molecular weight is 212 g/mol. The number of ketones is 2. The highest BCUT2D eigenvalue weighted by Crippen LogP contribution is 2.27. The molecular weight excluding hydrogens is 208 g/mol. The molecule has 1 heterocycles. The molecule has 0 radical (unpaired) electrons. The Morgan fingerprint density at radius 2 is 2.08 bits per heavy atom. The predicted molar refractivity (Wildman–Crippen MR) is 51.0 cm³/mol. The van der Waals surface area contributed by atoms with Crippen LogP contribution in [0.4, 0.5) is 0 Å². The number of carbonyl (C=O) groups excluding carboxylic acids is 2. The van der Waals surface area contributed by atoms with Gasteiger partial charge in [-0.05, 0) is 0 Å². The molecule has 0 spiro atoms. The number of hydrogen-bond donors (Lipinski definition) is 2. The van der Waals surface area contributed by atoms with Gasteiger partial charge in [0.15, 0.2) is 0 Å². The molecule has 0 saturated heterocycles. The van der Waals surface area contributed by atoms with Crippen LogP contribution in [0, 0.1) is 0 Å². The number of fused-ring (bicyclic) bond motifs is 1. The fourth-order valence-electron chi connectivity index (χ4n) is 1.03. The lowest BCUT2D eigenvalue weighted by molar-refractivity contribution is 0.0981. The molecule has 0 amide bonds. The summed E-state index contributed by atoms with van der Waals surface area (Å²) in [5.74, 6) is -0.737. The lowest BCUT2D eigenvalue weighted by Crippen LogP contribution is -2.23. The maximum atomic E-state index is 11.4. The Morgan fingerprint density at radius 3 is 2.77 bits per heavy atom. The number of hydrogen-bond acceptors (Lipinski definition) is 6. The summed E-state index contributed by atoms with van der Waals surface area (Å²) in [4.78, 5) is 26.9. The molecule has 2 N–H and O–H groups in total. The third kappa shape index (κ3) is 1.02. The number of thiazole rings is 1. The number of Topliss-reactive ketones (excluding diaryl/α,β-unsaturated/α-hetero) is 2. The first-order chi connectivity index (χ1) is 6.13. The zero-order chi connectivity index (χ0) is 9.59. The minimum absolute atomic E-state index is 0.0107. The lowest BCUT2D eigenvalue weighted by atomic mass is 10.1. The molecule has 0 fully saturated rings. The van der Waals surface area contributed by atoms with Crippen molar-refractivity contribution in [3.05, 3.63) is 26.7 Å². The van der Waals surface area contributed by atoms with Gasteiger partial charge in [0, 0.05) is 0 Å². The number of thiol groups is 1. The van der Waals surface area contributed by atoms with Crippen molar-refractivity contribution in [3.63, 3.8) is 0 Å². The Hall–Kier alpha value is -1.14. The Kier molecular flexibility index (Phi) is 1.74. The summed E-state index contributed by atoms with van der Waals surface area (Å²) in [7, 11) is 0. The molecule has 0 bridgehead atoms. The molecular formula is C7H4N2O2S2. The second-order valence-corrected chi connectivity index (χ2v) is 3.75. The first-order valence-corrected chi connectivity index (χ1v) is 4.67. The topological polar surface area (TPSA) is 73.1 Å². The van der Waals surface area contributed by atoms with Gasteiger partial charge >= 0.3 is 0 Å². The van der Waals surface area contributed by atoms with E-state index in [0.29, 0.717) is 4.88 Å². The van der Waals surface area contributed by atoms with Crippen molar-refractivity contribution in [3.8, 4) is 0 Å². The van der Waals surface area contributed by atoms with Gasteiger partial charge in [0.05, 0.1) is 16.1 Å². The van der Waals surface area contributed by atoms with Crippen LogP contribution in [0.1, 0.15) is 20.2 Å². The molecule has 1 aromatic heterocycles. The third-order valence-corrected chi connectivity index (χ3v) is 2.97. The summed E-state index contributed by atoms with van der Waals surface area (Å²) in [5.41, 5.74) is 6.91. The molecule has 2 rings (SSSR count). The van der Waals surface area contributed by atoms with Crippen molar-refractivity contribution in [2.45, 2.75) is 0 Å². The van der Waals surface area contributed by atoms with E-state index in [0.717, 1.165) is 11.3 Å². The highest BCUT2D eigenvalue weighted by molar-refractivity contribution is 7.85. The fourth-order valence-corrected chi connectivity index (χ4v) is 1.98. The quantitative estimate of drug-likeness (QED) is 0.618. The molecule has 1 aromatic rings.